The Labute approximate surface area is 169 Å². The quantitative estimate of drug-likeness (QED) is 0.357. The van der Waals surface area contributed by atoms with Gasteiger partial charge in [0.15, 0.2) is 0 Å². The van der Waals surface area contributed by atoms with Crippen LogP contribution in [0.4, 0.5) is 5.69 Å². The summed E-state index contributed by atoms with van der Waals surface area (Å²) in [7, 11) is 0. The number of aromatic amines is 2. The van der Waals surface area contributed by atoms with Gasteiger partial charge in [-0.05, 0) is 49.2 Å². The highest BCUT2D eigenvalue weighted by atomic mass is 16.1. The van der Waals surface area contributed by atoms with Crippen LogP contribution in [-0.4, -0.2) is 33.7 Å². The molecule has 0 spiro atoms. The molecule has 6 heteroatoms. The maximum absolute atomic E-state index is 13.0. The van der Waals surface area contributed by atoms with Crippen LogP contribution < -0.4 is 10.6 Å². The topological polar surface area (TPSA) is 85.6 Å². The van der Waals surface area contributed by atoms with Crippen LogP contribution >= 0.6 is 0 Å². The van der Waals surface area contributed by atoms with Gasteiger partial charge in [0.05, 0.1) is 5.69 Å². The lowest BCUT2D eigenvalue weighted by Gasteiger charge is -2.18. The number of amides is 1. The number of para-hydroxylation sites is 1. The summed E-state index contributed by atoms with van der Waals surface area (Å²) in [4.78, 5) is 16.3. The van der Waals surface area contributed by atoms with Gasteiger partial charge < -0.3 is 15.6 Å². The third kappa shape index (κ3) is 4.32. The molecule has 1 atom stereocenters. The number of H-pyrrole nitrogens is 2. The number of benzene rings is 2. The number of rotatable bonds is 8. The van der Waals surface area contributed by atoms with Gasteiger partial charge in [-0.25, -0.2) is 0 Å². The summed E-state index contributed by atoms with van der Waals surface area (Å²) in [6.07, 6.45) is 3.52. The zero-order chi connectivity index (χ0) is 20.1. The summed E-state index contributed by atoms with van der Waals surface area (Å²) in [6, 6.07) is 19.9. The predicted octanol–water partition coefficient (Wildman–Crippen LogP) is 4.57. The molecule has 1 amide bonds. The molecule has 4 N–H and O–H groups in total. The van der Waals surface area contributed by atoms with Crippen molar-refractivity contribution in [2.24, 2.45) is 0 Å². The second-order valence-electron chi connectivity index (χ2n) is 7.07. The van der Waals surface area contributed by atoms with Crippen molar-refractivity contribution in [1.82, 2.24) is 20.5 Å². The Bertz CT molecular complexity index is 1070. The lowest BCUT2D eigenvalue weighted by molar-refractivity contribution is 0.0936. The fraction of sp³-hybridized carbons (Fsp3) is 0.217. The Hall–Kier alpha value is -3.54. The van der Waals surface area contributed by atoms with Crippen molar-refractivity contribution in [3.8, 4) is 11.4 Å². The molecule has 2 aromatic heterocycles. The molecule has 0 radical (unpaired) electrons. The molecule has 6 nitrogen and oxygen atoms in total. The summed E-state index contributed by atoms with van der Waals surface area (Å²) in [5.74, 6) is -0.0465. The van der Waals surface area contributed by atoms with Crippen LogP contribution in [0, 0.1) is 0 Å². The number of anilines is 1. The minimum atomic E-state index is -0.0465. The first-order valence-electron chi connectivity index (χ1n) is 9.96. The summed E-state index contributed by atoms with van der Waals surface area (Å²) >= 11 is 0. The van der Waals surface area contributed by atoms with Gasteiger partial charge in [-0.2, -0.15) is 5.10 Å². The first-order valence-corrected chi connectivity index (χ1v) is 9.96. The van der Waals surface area contributed by atoms with Gasteiger partial charge in [-0.3, -0.25) is 9.89 Å². The van der Waals surface area contributed by atoms with Crippen molar-refractivity contribution in [3.63, 3.8) is 0 Å². The molecule has 29 heavy (non-hydrogen) atoms. The monoisotopic (exact) mass is 387 g/mol. The molecular weight excluding hydrogens is 362 g/mol. The molecule has 0 aliphatic heterocycles. The van der Waals surface area contributed by atoms with E-state index < -0.39 is 0 Å². The molecule has 0 bridgehead atoms. The van der Waals surface area contributed by atoms with Crippen LogP contribution in [-0.2, 0) is 0 Å². The highest BCUT2D eigenvalue weighted by Crippen LogP contribution is 2.25. The number of carbonyl (C=O) groups excluding carboxylic acids is 1. The molecule has 0 saturated carbocycles. The Morgan fingerprint density at radius 2 is 1.97 bits per heavy atom. The van der Waals surface area contributed by atoms with Crippen molar-refractivity contribution in [2.75, 3.05) is 11.9 Å². The summed E-state index contributed by atoms with van der Waals surface area (Å²) in [6.45, 7) is 2.90. The van der Waals surface area contributed by atoms with E-state index >= 15 is 0 Å². The number of hydrogen-bond acceptors (Lipinski definition) is 3. The zero-order valence-electron chi connectivity index (χ0n) is 16.4. The van der Waals surface area contributed by atoms with E-state index in [0.29, 0.717) is 5.56 Å². The molecule has 1 unspecified atom stereocenters. The van der Waals surface area contributed by atoms with Gasteiger partial charge in [0.2, 0.25) is 0 Å². The van der Waals surface area contributed by atoms with Crippen LogP contribution in [0.1, 0.15) is 30.1 Å². The minimum Gasteiger partial charge on any atom is -0.385 e. The smallest absolute Gasteiger partial charge is 0.252 e. The van der Waals surface area contributed by atoms with E-state index in [9.17, 15) is 4.79 Å². The second kappa shape index (κ2) is 8.65. The first-order chi connectivity index (χ1) is 14.2. The Morgan fingerprint density at radius 3 is 2.72 bits per heavy atom. The van der Waals surface area contributed by atoms with E-state index in [0.717, 1.165) is 47.4 Å². The highest BCUT2D eigenvalue weighted by Gasteiger charge is 2.16. The van der Waals surface area contributed by atoms with Crippen molar-refractivity contribution < 1.29 is 4.79 Å². The summed E-state index contributed by atoms with van der Waals surface area (Å²) in [5, 5.41) is 14.5. The fourth-order valence-corrected chi connectivity index (χ4v) is 3.49. The molecule has 2 aromatic carbocycles. The van der Waals surface area contributed by atoms with Crippen LogP contribution in [0.15, 0.2) is 66.9 Å². The van der Waals surface area contributed by atoms with E-state index in [1.165, 1.54) is 0 Å². The van der Waals surface area contributed by atoms with Crippen molar-refractivity contribution >= 4 is 22.5 Å². The molecule has 4 rings (SSSR count). The lowest BCUT2D eigenvalue weighted by Crippen LogP contribution is -2.35. The average molecular weight is 387 g/mol. The number of hydrogen-bond donors (Lipinski definition) is 4. The largest absolute Gasteiger partial charge is 0.385 e. The van der Waals surface area contributed by atoms with Crippen LogP contribution in [0.5, 0.6) is 0 Å². The van der Waals surface area contributed by atoms with Crippen LogP contribution in [0.3, 0.4) is 0 Å². The third-order valence-electron chi connectivity index (χ3n) is 5.11. The van der Waals surface area contributed by atoms with E-state index in [1.807, 2.05) is 60.7 Å². The minimum absolute atomic E-state index is 0.0465. The molecule has 148 valence electrons. The normalized spacial score (nSPS) is 12.0. The molecule has 4 aromatic rings. The third-order valence-corrected chi connectivity index (χ3v) is 5.11. The van der Waals surface area contributed by atoms with Gasteiger partial charge in [-0.15, -0.1) is 0 Å². The van der Waals surface area contributed by atoms with Crippen LogP contribution in [0.2, 0.25) is 0 Å². The number of fused-ring (bicyclic) bond motifs is 1. The Balaban J connectivity index is 1.44. The zero-order valence-corrected chi connectivity index (χ0v) is 16.4. The standard InChI is InChI=1S/C23H25N5O/c1-2-16(11-13-24-17-7-4-3-5-8-17)26-23(29)18-9-6-10-20-19(18)15-22(27-20)21-12-14-25-28-21/h3-10,12,14-16,24,27H,2,11,13H2,1H3,(H,25,28)(H,26,29). The number of nitrogens with zero attached hydrogens (tertiary/aromatic N) is 1. The lowest BCUT2D eigenvalue weighted by atomic mass is 10.1. The number of carbonyl (C=O) groups is 1. The molecule has 0 aliphatic carbocycles. The maximum atomic E-state index is 13.0. The summed E-state index contributed by atoms with van der Waals surface area (Å²) < 4.78 is 0. The first kappa shape index (κ1) is 18.8. The molecule has 0 aliphatic rings. The van der Waals surface area contributed by atoms with Crippen molar-refractivity contribution in [3.05, 3.63) is 72.4 Å². The summed E-state index contributed by atoms with van der Waals surface area (Å²) in [5.41, 5.74) is 4.41. The fourth-order valence-electron chi connectivity index (χ4n) is 3.49. The maximum Gasteiger partial charge on any atom is 0.252 e. The molecule has 0 saturated heterocycles. The van der Waals surface area contributed by atoms with Gasteiger partial charge in [-0.1, -0.05) is 31.2 Å². The van der Waals surface area contributed by atoms with E-state index in [2.05, 4.69) is 32.7 Å². The Morgan fingerprint density at radius 1 is 1.10 bits per heavy atom. The van der Waals surface area contributed by atoms with Crippen LogP contribution in [0.25, 0.3) is 22.3 Å². The molecular formula is C23H25N5O. The van der Waals surface area contributed by atoms with Gasteiger partial charge in [0, 0.05) is 40.9 Å². The predicted molar refractivity (Wildman–Crippen MR) is 117 cm³/mol. The number of nitrogens with one attached hydrogen (secondary N) is 4. The SMILES string of the molecule is CCC(CCNc1ccccc1)NC(=O)c1cccc2[nH]c(-c3cc[nH]n3)cc12. The van der Waals surface area contributed by atoms with E-state index in [4.69, 9.17) is 0 Å². The molecule has 2 heterocycles. The highest BCUT2D eigenvalue weighted by molar-refractivity contribution is 6.07. The number of aromatic nitrogens is 3. The Kier molecular flexibility index (Phi) is 5.61. The van der Waals surface area contributed by atoms with Crippen molar-refractivity contribution in [2.45, 2.75) is 25.8 Å². The average Bonchev–Trinajstić information content (AvgIpc) is 3.43. The van der Waals surface area contributed by atoms with E-state index in [-0.39, 0.29) is 11.9 Å². The molecule has 0 fully saturated rings. The van der Waals surface area contributed by atoms with Gasteiger partial charge in [0.25, 0.3) is 5.91 Å². The van der Waals surface area contributed by atoms with Crippen molar-refractivity contribution in [1.29, 1.82) is 0 Å². The van der Waals surface area contributed by atoms with Gasteiger partial charge in [0.1, 0.15) is 5.69 Å². The van der Waals surface area contributed by atoms with Gasteiger partial charge >= 0.3 is 0 Å². The van der Waals surface area contributed by atoms with E-state index in [1.54, 1.807) is 6.20 Å². The second-order valence-corrected chi connectivity index (χ2v) is 7.07.